The molecular formula is C9H16N4O2. The molecule has 0 aromatic carbocycles. The molecule has 0 spiro atoms. The Hall–Kier alpha value is -1.59. The zero-order chi connectivity index (χ0) is 11.3. The Morgan fingerprint density at radius 3 is 2.73 bits per heavy atom. The zero-order valence-corrected chi connectivity index (χ0v) is 9.28. The molecule has 0 fully saturated rings. The van der Waals surface area contributed by atoms with E-state index in [9.17, 15) is 4.79 Å². The molecule has 1 aromatic heterocycles. The maximum Gasteiger partial charge on any atom is 0.313 e. The van der Waals surface area contributed by atoms with E-state index in [1.165, 1.54) is 7.11 Å². The summed E-state index contributed by atoms with van der Waals surface area (Å²) in [6, 6.07) is 0. The van der Waals surface area contributed by atoms with E-state index in [-0.39, 0.29) is 12.4 Å². The van der Waals surface area contributed by atoms with Crippen molar-refractivity contribution in [1.29, 1.82) is 0 Å². The number of aromatic nitrogens is 3. The number of methoxy groups -OCH3 is 1. The van der Waals surface area contributed by atoms with Crippen molar-refractivity contribution in [2.45, 2.75) is 26.8 Å². The summed E-state index contributed by atoms with van der Waals surface area (Å²) in [6.45, 7) is 5.46. The number of nitrogens with zero attached hydrogens (tertiary/aromatic N) is 3. The number of ether oxygens (including phenoxy) is 1. The third kappa shape index (κ3) is 2.68. The van der Waals surface area contributed by atoms with Crippen LogP contribution < -0.4 is 5.32 Å². The lowest BCUT2D eigenvalue weighted by Crippen LogP contribution is -2.12. The molecule has 0 aliphatic heterocycles. The van der Waals surface area contributed by atoms with Crippen molar-refractivity contribution in [3.8, 4) is 0 Å². The molecule has 1 aromatic rings. The third-order valence-electron chi connectivity index (χ3n) is 2.01. The first-order valence-corrected chi connectivity index (χ1v) is 4.95. The smallest absolute Gasteiger partial charge is 0.313 e. The molecule has 1 rings (SSSR count). The maximum atomic E-state index is 11.1. The summed E-state index contributed by atoms with van der Waals surface area (Å²) in [4.78, 5) is 11.1. The van der Waals surface area contributed by atoms with Crippen LogP contribution in [-0.2, 0) is 22.5 Å². The van der Waals surface area contributed by atoms with Gasteiger partial charge in [0.25, 0.3) is 0 Å². The Balaban J connectivity index is 2.83. The molecule has 0 aliphatic rings. The second kappa shape index (κ2) is 5.33. The first-order valence-electron chi connectivity index (χ1n) is 4.95. The predicted molar refractivity (Wildman–Crippen MR) is 55.6 cm³/mol. The van der Waals surface area contributed by atoms with Crippen LogP contribution in [0.15, 0.2) is 0 Å². The van der Waals surface area contributed by atoms with Gasteiger partial charge in [-0.15, -0.1) is 10.2 Å². The monoisotopic (exact) mass is 212 g/mol. The van der Waals surface area contributed by atoms with E-state index in [0.717, 1.165) is 13.1 Å². The van der Waals surface area contributed by atoms with Crippen LogP contribution in [0, 0.1) is 0 Å². The maximum absolute atomic E-state index is 11.1. The molecule has 1 N–H and O–H groups in total. The lowest BCUT2D eigenvalue weighted by atomic mass is 10.4. The standard InChI is InChI=1S/C9H16N4O2/c1-4-10-9-12-11-7(13(9)5-2)6-8(14)15-3/h4-6H2,1-3H3,(H,10,12). The van der Waals surface area contributed by atoms with Gasteiger partial charge in [0, 0.05) is 13.1 Å². The number of nitrogens with one attached hydrogen (secondary N) is 1. The number of hydrogen-bond donors (Lipinski definition) is 1. The average molecular weight is 212 g/mol. The predicted octanol–water partition coefficient (Wildman–Crippen LogP) is 0.445. The van der Waals surface area contributed by atoms with Crippen molar-refractivity contribution in [3.63, 3.8) is 0 Å². The molecule has 0 bridgehead atoms. The molecule has 15 heavy (non-hydrogen) atoms. The second-order valence-corrected chi connectivity index (χ2v) is 2.97. The minimum absolute atomic E-state index is 0.155. The number of esters is 1. The Labute approximate surface area is 88.6 Å². The van der Waals surface area contributed by atoms with Gasteiger partial charge in [-0.3, -0.25) is 9.36 Å². The van der Waals surface area contributed by atoms with Gasteiger partial charge in [-0.05, 0) is 13.8 Å². The fourth-order valence-electron chi connectivity index (χ4n) is 1.29. The molecule has 0 saturated heterocycles. The fraction of sp³-hybridized carbons (Fsp3) is 0.667. The summed E-state index contributed by atoms with van der Waals surface area (Å²) in [5.74, 6) is 1.01. The van der Waals surface area contributed by atoms with Gasteiger partial charge in [-0.1, -0.05) is 0 Å². The van der Waals surface area contributed by atoms with E-state index in [1.807, 2.05) is 18.4 Å². The van der Waals surface area contributed by atoms with Crippen LogP contribution >= 0.6 is 0 Å². The average Bonchev–Trinajstić information content (AvgIpc) is 2.61. The SMILES string of the molecule is CCNc1nnc(CC(=O)OC)n1CC. The quantitative estimate of drug-likeness (QED) is 0.717. The topological polar surface area (TPSA) is 69.0 Å². The van der Waals surface area contributed by atoms with Gasteiger partial charge in [0.05, 0.1) is 7.11 Å². The highest BCUT2D eigenvalue weighted by Crippen LogP contribution is 2.08. The van der Waals surface area contributed by atoms with E-state index in [0.29, 0.717) is 11.8 Å². The third-order valence-corrected chi connectivity index (χ3v) is 2.01. The zero-order valence-electron chi connectivity index (χ0n) is 9.28. The Bertz CT molecular complexity index is 335. The van der Waals surface area contributed by atoms with Gasteiger partial charge in [0.1, 0.15) is 12.2 Å². The van der Waals surface area contributed by atoms with E-state index >= 15 is 0 Å². The summed E-state index contributed by atoms with van der Waals surface area (Å²) in [5, 5.41) is 11.0. The lowest BCUT2D eigenvalue weighted by Gasteiger charge is -2.06. The van der Waals surface area contributed by atoms with Crippen LogP contribution in [0.1, 0.15) is 19.7 Å². The summed E-state index contributed by atoms with van der Waals surface area (Å²) in [6.07, 6.45) is 0.155. The highest BCUT2D eigenvalue weighted by Gasteiger charge is 2.13. The normalized spacial score (nSPS) is 10.1. The highest BCUT2D eigenvalue weighted by molar-refractivity contribution is 5.71. The Kier molecular flexibility index (Phi) is 4.08. The summed E-state index contributed by atoms with van der Waals surface area (Å²) in [7, 11) is 1.36. The van der Waals surface area contributed by atoms with Gasteiger partial charge in [-0.25, -0.2) is 0 Å². The van der Waals surface area contributed by atoms with E-state index in [4.69, 9.17) is 0 Å². The van der Waals surface area contributed by atoms with E-state index in [1.54, 1.807) is 0 Å². The molecule has 0 unspecified atom stereocenters. The van der Waals surface area contributed by atoms with Crippen molar-refractivity contribution < 1.29 is 9.53 Å². The summed E-state index contributed by atoms with van der Waals surface area (Å²) >= 11 is 0. The second-order valence-electron chi connectivity index (χ2n) is 2.97. The molecule has 0 radical (unpaired) electrons. The van der Waals surface area contributed by atoms with Gasteiger partial charge < -0.3 is 10.1 Å². The molecule has 0 aliphatic carbocycles. The first kappa shape index (κ1) is 11.5. The van der Waals surface area contributed by atoms with Gasteiger partial charge in [-0.2, -0.15) is 0 Å². The minimum atomic E-state index is -0.305. The highest BCUT2D eigenvalue weighted by atomic mass is 16.5. The number of anilines is 1. The summed E-state index contributed by atoms with van der Waals surface area (Å²) in [5.41, 5.74) is 0. The molecule has 6 nitrogen and oxygen atoms in total. The number of rotatable bonds is 5. The Morgan fingerprint density at radius 2 is 2.20 bits per heavy atom. The number of carbonyl (C=O) groups is 1. The van der Waals surface area contributed by atoms with Gasteiger partial charge in [0.2, 0.25) is 5.95 Å². The molecule has 84 valence electrons. The van der Waals surface area contributed by atoms with Gasteiger partial charge in [0.15, 0.2) is 0 Å². The lowest BCUT2D eigenvalue weighted by molar-refractivity contribution is -0.139. The van der Waals surface area contributed by atoms with Crippen LogP contribution in [0.5, 0.6) is 0 Å². The van der Waals surface area contributed by atoms with Crippen LogP contribution in [-0.4, -0.2) is 34.4 Å². The van der Waals surface area contributed by atoms with Crippen molar-refractivity contribution in [2.24, 2.45) is 0 Å². The van der Waals surface area contributed by atoms with Crippen LogP contribution in [0.3, 0.4) is 0 Å². The molecule has 0 amide bonds. The van der Waals surface area contributed by atoms with Gasteiger partial charge >= 0.3 is 5.97 Å². The van der Waals surface area contributed by atoms with Crippen LogP contribution in [0.25, 0.3) is 0 Å². The number of hydrogen-bond acceptors (Lipinski definition) is 5. The summed E-state index contributed by atoms with van der Waals surface area (Å²) < 4.78 is 6.44. The van der Waals surface area contributed by atoms with Crippen molar-refractivity contribution >= 4 is 11.9 Å². The minimum Gasteiger partial charge on any atom is -0.469 e. The van der Waals surface area contributed by atoms with Crippen LogP contribution in [0.4, 0.5) is 5.95 Å². The molecule has 1 heterocycles. The Morgan fingerprint density at radius 1 is 1.47 bits per heavy atom. The number of carbonyl (C=O) groups excluding carboxylic acids is 1. The first-order chi connectivity index (χ1) is 7.22. The van der Waals surface area contributed by atoms with E-state index in [2.05, 4.69) is 20.3 Å². The molecular weight excluding hydrogens is 196 g/mol. The fourth-order valence-corrected chi connectivity index (χ4v) is 1.29. The largest absolute Gasteiger partial charge is 0.469 e. The van der Waals surface area contributed by atoms with E-state index < -0.39 is 0 Å². The molecule has 0 atom stereocenters. The van der Waals surface area contributed by atoms with Crippen molar-refractivity contribution in [1.82, 2.24) is 14.8 Å². The van der Waals surface area contributed by atoms with Crippen LogP contribution in [0.2, 0.25) is 0 Å². The molecule has 0 saturated carbocycles. The van der Waals surface area contributed by atoms with Crippen molar-refractivity contribution in [2.75, 3.05) is 19.0 Å². The molecule has 6 heteroatoms. The van der Waals surface area contributed by atoms with Crippen molar-refractivity contribution in [3.05, 3.63) is 5.82 Å².